The SMILES string of the molecule is O=C(O)c1cc(F)cnc1Sc1cnccn1. The first kappa shape index (κ1) is 11.5. The lowest BCUT2D eigenvalue weighted by molar-refractivity contribution is 0.0691. The highest BCUT2D eigenvalue weighted by Crippen LogP contribution is 2.26. The van der Waals surface area contributed by atoms with Gasteiger partial charge in [0.1, 0.15) is 15.9 Å². The Morgan fingerprint density at radius 2 is 2.12 bits per heavy atom. The van der Waals surface area contributed by atoms with Gasteiger partial charge in [0.15, 0.2) is 0 Å². The van der Waals surface area contributed by atoms with Crippen LogP contribution in [0.1, 0.15) is 10.4 Å². The van der Waals surface area contributed by atoms with Crippen LogP contribution in [-0.2, 0) is 0 Å². The zero-order valence-corrected chi connectivity index (χ0v) is 9.19. The molecule has 0 bridgehead atoms. The Labute approximate surface area is 99.8 Å². The van der Waals surface area contributed by atoms with E-state index in [1.165, 1.54) is 18.6 Å². The molecule has 86 valence electrons. The van der Waals surface area contributed by atoms with E-state index in [0.29, 0.717) is 5.03 Å². The third-order valence-corrected chi connectivity index (χ3v) is 2.73. The molecular weight excluding hydrogens is 245 g/mol. The molecule has 2 aromatic rings. The molecule has 0 unspecified atom stereocenters. The molecule has 5 nitrogen and oxygen atoms in total. The van der Waals surface area contributed by atoms with Gasteiger partial charge >= 0.3 is 5.97 Å². The molecular formula is C10H6FN3O2S. The second-order valence-corrected chi connectivity index (χ2v) is 3.97. The molecule has 0 aliphatic heterocycles. The number of hydrogen-bond donors (Lipinski definition) is 1. The molecule has 2 heterocycles. The molecule has 0 fully saturated rings. The summed E-state index contributed by atoms with van der Waals surface area (Å²) in [4.78, 5) is 22.5. The zero-order chi connectivity index (χ0) is 12.3. The number of rotatable bonds is 3. The maximum Gasteiger partial charge on any atom is 0.338 e. The first-order chi connectivity index (χ1) is 8.16. The monoisotopic (exact) mass is 251 g/mol. The van der Waals surface area contributed by atoms with Crippen molar-refractivity contribution in [3.05, 3.63) is 42.2 Å². The van der Waals surface area contributed by atoms with Gasteiger partial charge in [-0.1, -0.05) is 0 Å². The number of pyridine rings is 1. The predicted octanol–water partition coefficient (Wildman–Crippen LogP) is 1.86. The highest BCUT2D eigenvalue weighted by Gasteiger charge is 2.14. The Bertz CT molecular complexity index is 551. The molecule has 0 atom stereocenters. The largest absolute Gasteiger partial charge is 0.478 e. The summed E-state index contributed by atoms with van der Waals surface area (Å²) in [6.07, 6.45) is 5.42. The number of hydrogen-bond acceptors (Lipinski definition) is 5. The number of carboxylic acids is 1. The Morgan fingerprint density at radius 3 is 2.76 bits per heavy atom. The number of halogens is 1. The van der Waals surface area contributed by atoms with Crippen LogP contribution >= 0.6 is 11.8 Å². The zero-order valence-electron chi connectivity index (χ0n) is 8.37. The van der Waals surface area contributed by atoms with Crippen LogP contribution in [0.2, 0.25) is 0 Å². The van der Waals surface area contributed by atoms with E-state index in [4.69, 9.17) is 5.11 Å². The lowest BCUT2D eigenvalue weighted by atomic mass is 10.3. The summed E-state index contributed by atoms with van der Waals surface area (Å²) in [5, 5.41) is 9.59. The quantitative estimate of drug-likeness (QED) is 0.897. The maximum atomic E-state index is 12.9. The van der Waals surface area contributed by atoms with Gasteiger partial charge in [-0.15, -0.1) is 0 Å². The molecule has 0 aliphatic carbocycles. The number of aromatic carboxylic acids is 1. The van der Waals surface area contributed by atoms with E-state index in [-0.39, 0.29) is 10.6 Å². The second kappa shape index (κ2) is 4.88. The van der Waals surface area contributed by atoms with Gasteiger partial charge < -0.3 is 5.11 Å². The average Bonchev–Trinajstić information content (AvgIpc) is 2.32. The van der Waals surface area contributed by atoms with Crippen LogP contribution in [0.3, 0.4) is 0 Å². The summed E-state index contributed by atoms with van der Waals surface area (Å²) in [5.41, 5.74) is -0.194. The van der Waals surface area contributed by atoms with Crippen molar-refractivity contribution >= 4 is 17.7 Å². The third-order valence-electron chi connectivity index (χ3n) is 1.79. The number of nitrogens with zero attached hydrogens (tertiary/aromatic N) is 3. The van der Waals surface area contributed by atoms with Crippen molar-refractivity contribution in [1.82, 2.24) is 15.0 Å². The molecule has 7 heteroatoms. The number of carboxylic acid groups (broad SMARTS) is 1. The van der Waals surface area contributed by atoms with Crippen molar-refractivity contribution in [2.24, 2.45) is 0 Å². The lowest BCUT2D eigenvalue weighted by Gasteiger charge is -2.03. The van der Waals surface area contributed by atoms with Crippen LogP contribution < -0.4 is 0 Å². The van der Waals surface area contributed by atoms with Crippen molar-refractivity contribution in [2.75, 3.05) is 0 Å². The van der Waals surface area contributed by atoms with Gasteiger partial charge in [-0.05, 0) is 17.8 Å². The van der Waals surface area contributed by atoms with E-state index in [2.05, 4.69) is 15.0 Å². The van der Waals surface area contributed by atoms with E-state index >= 15 is 0 Å². The molecule has 0 amide bonds. The van der Waals surface area contributed by atoms with Gasteiger partial charge in [-0.3, -0.25) is 4.98 Å². The fourth-order valence-corrected chi connectivity index (χ4v) is 1.89. The minimum absolute atomic E-state index is 0.180. The van der Waals surface area contributed by atoms with Crippen molar-refractivity contribution in [3.8, 4) is 0 Å². The second-order valence-electron chi connectivity index (χ2n) is 2.96. The summed E-state index contributed by atoms with van der Waals surface area (Å²) < 4.78 is 12.9. The third kappa shape index (κ3) is 2.76. The summed E-state index contributed by atoms with van der Waals surface area (Å²) >= 11 is 1.02. The van der Waals surface area contributed by atoms with Crippen LogP contribution in [0, 0.1) is 5.82 Å². The lowest BCUT2D eigenvalue weighted by Crippen LogP contribution is -2.02. The van der Waals surface area contributed by atoms with Crippen molar-refractivity contribution in [1.29, 1.82) is 0 Å². The molecule has 0 spiro atoms. The predicted molar refractivity (Wildman–Crippen MR) is 57.3 cm³/mol. The molecule has 0 aromatic carbocycles. The van der Waals surface area contributed by atoms with Gasteiger partial charge in [0.2, 0.25) is 0 Å². The van der Waals surface area contributed by atoms with E-state index in [0.717, 1.165) is 24.0 Å². The standard InChI is InChI=1S/C10H6FN3O2S/c11-6-3-7(10(15)16)9(14-4-6)17-8-5-12-1-2-13-8/h1-5H,(H,15,16). The Balaban J connectivity index is 2.36. The molecule has 1 N–H and O–H groups in total. The summed E-state index contributed by atoms with van der Waals surface area (Å²) in [5.74, 6) is -1.92. The smallest absolute Gasteiger partial charge is 0.338 e. The number of aromatic nitrogens is 3. The van der Waals surface area contributed by atoms with Crippen LogP contribution in [0.5, 0.6) is 0 Å². The van der Waals surface area contributed by atoms with Gasteiger partial charge in [0, 0.05) is 12.4 Å². The van der Waals surface area contributed by atoms with E-state index < -0.39 is 11.8 Å². The van der Waals surface area contributed by atoms with Crippen molar-refractivity contribution < 1.29 is 14.3 Å². The summed E-state index contributed by atoms with van der Waals surface area (Å²) in [7, 11) is 0. The molecule has 0 radical (unpaired) electrons. The van der Waals surface area contributed by atoms with Crippen LogP contribution in [0.25, 0.3) is 0 Å². The van der Waals surface area contributed by atoms with Gasteiger partial charge in [0.05, 0.1) is 18.0 Å². The van der Waals surface area contributed by atoms with E-state index in [1.807, 2.05) is 0 Å². The summed E-state index contributed by atoms with van der Waals surface area (Å²) in [6, 6.07) is 0.925. The van der Waals surface area contributed by atoms with E-state index in [1.54, 1.807) is 0 Å². The van der Waals surface area contributed by atoms with Crippen LogP contribution in [0.15, 0.2) is 40.9 Å². The van der Waals surface area contributed by atoms with Gasteiger partial charge in [0.25, 0.3) is 0 Å². The van der Waals surface area contributed by atoms with Gasteiger partial charge in [-0.2, -0.15) is 0 Å². The van der Waals surface area contributed by atoms with Crippen LogP contribution in [0.4, 0.5) is 4.39 Å². The van der Waals surface area contributed by atoms with Crippen LogP contribution in [-0.4, -0.2) is 26.0 Å². The molecule has 0 saturated carbocycles. The fourth-order valence-electron chi connectivity index (χ4n) is 1.10. The molecule has 0 aliphatic rings. The molecule has 2 rings (SSSR count). The van der Waals surface area contributed by atoms with E-state index in [9.17, 15) is 9.18 Å². The highest BCUT2D eigenvalue weighted by molar-refractivity contribution is 7.99. The average molecular weight is 251 g/mol. The van der Waals surface area contributed by atoms with Gasteiger partial charge in [-0.25, -0.2) is 19.2 Å². The summed E-state index contributed by atoms with van der Waals surface area (Å²) in [6.45, 7) is 0. The molecule has 17 heavy (non-hydrogen) atoms. The highest BCUT2D eigenvalue weighted by atomic mass is 32.2. The first-order valence-corrected chi connectivity index (χ1v) is 5.31. The number of carbonyl (C=O) groups is 1. The minimum atomic E-state index is -1.23. The Hall–Kier alpha value is -2.02. The normalized spacial score (nSPS) is 10.2. The minimum Gasteiger partial charge on any atom is -0.478 e. The Morgan fingerprint density at radius 1 is 1.29 bits per heavy atom. The fraction of sp³-hybridized carbons (Fsp3) is 0. The maximum absolute atomic E-state index is 12.9. The van der Waals surface area contributed by atoms with Crippen molar-refractivity contribution in [3.63, 3.8) is 0 Å². The Kier molecular flexibility index (Phi) is 3.29. The topological polar surface area (TPSA) is 76.0 Å². The molecule has 2 aromatic heterocycles. The molecule has 0 saturated heterocycles. The first-order valence-electron chi connectivity index (χ1n) is 4.49. The van der Waals surface area contributed by atoms with Crippen molar-refractivity contribution in [2.45, 2.75) is 10.1 Å².